The van der Waals surface area contributed by atoms with E-state index in [-0.39, 0.29) is 18.0 Å². The number of hydrogen-bond acceptors (Lipinski definition) is 4. The summed E-state index contributed by atoms with van der Waals surface area (Å²) in [5.74, 6) is -0.205. The lowest BCUT2D eigenvalue weighted by atomic mass is 10.2. The summed E-state index contributed by atoms with van der Waals surface area (Å²) in [7, 11) is 0. The van der Waals surface area contributed by atoms with E-state index in [2.05, 4.69) is 10.1 Å². The minimum atomic E-state index is -0.303. The van der Waals surface area contributed by atoms with Gasteiger partial charge in [-0.1, -0.05) is 66.7 Å². The van der Waals surface area contributed by atoms with E-state index >= 15 is 0 Å². The van der Waals surface area contributed by atoms with Crippen LogP contribution in [0.15, 0.2) is 108 Å². The number of benzene rings is 3. The first-order valence-electron chi connectivity index (χ1n) is 10.6. The molecule has 2 heterocycles. The Hall–Kier alpha value is -4.52. The third-order valence-electron chi connectivity index (χ3n) is 5.41. The molecule has 0 saturated heterocycles. The Morgan fingerprint density at radius 2 is 1.48 bits per heavy atom. The highest BCUT2D eigenvalue weighted by atomic mass is 16.2. The van der Waals surface area contributed by atoms with E-state index in [1.54, 1.807) is 9.58 Å². The molecule has 1 amide bonds. The highest BCUT2D eigenvalue weighted by Crippen LogP contribution is 2.18. The maximum atomic E-state index is 13.4. The monoisotopic (exact) mass is 435 g/mol. The average molecular weight is 435 g/mol. The normalized spacial score (nSPS) is 10.9. The van der Waals surface area contributed by atoms with Gasteiger partial charge < -0.3 is 4.90 Å². The smallest absolute Gasteiger partial charge is 0.264 e. The van der Waals surface area contributed by atoms with Gasteiger partial charge in [0.05, 0.1) is 18.4 Å². The second-order valence-corrected chi connectivity index (χ2v) is 7.61. The molecule has 7 heteroatoms. The number of nitrogens with zero attached hydrogens (tertiary/aromatic N) is 5. The van der Waals surface area contributed by atoms with Crippen LogP contribution in [0.25, 0.3) is 16.7 Å². The van der Waals surface area contributed by atoms with E-state index in [1.807, 2.05) is 91.0 Å². The Kier molecular flexibility index (Phi) is 5.51. The molecule has 0 unspecified atom stereocenters. The zero-order valence-electron chi connectivity index (χ0n) is 17.8. The van der Waals surface area contributed by atoms with Gasteiger partial charge in [-0.2, -0.15) is 5.10 Å². The van der Waals surface area contributed by atoms with Gasteiger partial charge in [0.25, 0.3) is 5.56 Å². The highest BCUT2D eigenvalue weighted by molar-refractivity contribution is 5.93. The second kappa shape index (κ2) is 8.92. The molecule has 0 radical (unpaired) electrons. The Morgan fingerprint density at radius 1 is 0.848 bits per heavy atom. The Balaban J connectivity index is 1.46. The molecule has 2 aromatic heterocycles. The van der Waals surface area contributed by atoms with Crippen LogP contribution in [0.1, 0.15) is 5.56 Å². The highest BCUT2D eigenvalue weighted by Gasteiger charge is 2.19. The molecule has 0 aliphatic carbocycles. The Labute approximate surface area is 190 Å². The molecule has 5 rings (SSSR count). The predicted octanol–water partition coefficient (Wildman–Crippen LogP) is 3.82. The lowest BCUT2D eigenvalue weighted by Crippen LogP contribution is -2.36. The van der Waals surface area contributed by atoms with Gasteiger partial charge in [0, 0.05) is 5.69 Å². The maximum absolute atomic E-state index is 13.4. The van der Waals surface area contributed by atoms with Gasteiger partial charge >= 0.3 is 0 Å². The summed E-state index contributed by atoms with van der Waals surface area (Å²) in [5.41, 5.74) is 2.73. The standard InChI is InChI=1S/C26H21N5O2/c32-24(30(21-12-6-2-7-13-21)17-20-10-4-1-5-11-20)18-29-19-27-25-23(26(29)33)16-28-31(25)22-14-8-3-9-15-22/h1-16,19H,17-18H2. The number of carbonyl (C=O) groups excluding carboxylic acids is 1. The van der Waals surface area contributed by atoms with Crippen molar-refractivity contribution in [3.05, 3.63) is 119 Å². The van der Waals surface area contributed by atoms with Crippen molar-refractivity contribution < 1.29 is 4.79 Å². The number of carbonyl (C=O) groups is 1. The number of anilines is 1. The summed E-state index contributed by atoms with van der Waals surface area (Å²) in [6.07, 6.45) is 2.91. The van der Waals surface area contributed by atoms with Gasteiger partial charge in [0.1, 0.15) is 18.3 Å². The van der Waals surface area contributed by atoms with E-state index in [0.29, 0.717) is 17.6 Å². The quantitative estimate of drug-likeness (QED) is 0.407. The third-order valence-corrected chi connectivity index (χ3v) is 5.41. The van der Waals surface area contributed by atoms with E-state index in [4.69, 9.17) is 0 Å². The number of hydrogen-bond donors (Lipinski definition) is 0. The number of amides is 1. The summed E-state index contributed by atoms with van der Waals surface area (Å²) in [4.78, 5) is 32.6. The van der Waals surface area contributed by atoms with Crippen molar-refractivity contribution in [2.75, 3.05) is 4.90 Å². The van der Waals surface area contributed by atoms with Crippen LogP contribution >= 0.6 is 0 Å². The molecule has 0 N–H and O–H groups in total. The summed E-state index contributed by atoms with van der Waals surface area (Å²) >= 11 is 0. The molecule has 5 aromatic rings. The van der Waals surface area contributed by atoms with Crippen molar-refractivity contribution in [1.82, 2.24) is 19.3 Å². The van der Waals surface area contributed by atoms with Crippen LogP contribution in [0.4, 0.5) is 5.69 Å². The first-order chi connectivity index (χ1) is 16.2. The minimum Gasteiger partial charge on any atom is -0.306 e. The second-order valence-electron chi connectivity index (χ2n) is 7.61. The van der Waals surface area contributed by atoms with Crippen LogP contribution in [0.5, 0.6) is 0 Å². The minimum absolute atomic E-state index is 0.125. The molecule has 0 bridgehead atoms. The van der Waals surface area contributed by atoms with E-state index in [1.165, 1.54) is 17.1 Å². The first-order valence-corrected chi connectivity index (χ1v) is 10.6. The Morgan fingerprint density at radius 3 is 2.18 bits per heavy atom. The van der Waals surface area contributed by atoms with Crippen molar-refractivity contribution in [2.24, 2.45) is 0 Å². The summed E-state index contributed by atoms with van der Waals surface area (Å²) in [6.45, 7) is 0.278. The van der Waals surface area contributed by atoms with Gasteiger partial charge in [-0.3, -0.25) is 14.2 Å². The molecule has 162 valence electrons. The van der Waals surface area contributed by atoms with E-state index < -0.39 is 0 Å². The van der Waals surface area contributed by atoms with Crippen molar-refractivity contribution in [3.63, 3.8) is 0 Å². The lowest BCUT2D eigenvalue weighted by Gasteiger charge is -2.23. The molecular formula is C26H21N5O2. The first kappa shape index (κ1) is 20.4. The van der Waals surface area contributed by atoms with Crippen molar-refractivity contribution in [3.8, 4) is 5.69 Å². The molecule has 0 spiro atoms. The van der Waals surface area contributed by atoms with E-state index in [0.717, 1.165) is 16.9 Å². The summed E-state index contributed by atoms with van der Waals surface area (Å²) in [6, 6.07) is 28.7. The largest absolute Gasteiger partial charge is 0.306 e. The molecular weight excluding hydrogens is 414 g/mol. The molecule has 7 nitrogen and oxygen atoms in total. The van der Waals surface area contributed by atoms with Crippen molar-refractivity contribution in [1.29, 1.82) is 0 Å². The zero-order chi connectivity index (χ0) is 22.6. The van der Waals surface area contributed by atoms with Crippen molar-refractivity contribution in [2.45, 2.75) is 13.1 Å². The molecule has 0 atom stereocenters. The predicted molar refractivity (Wildman–Crippen MR) is 127 cm³/mol. The summed E-state index contributed by atoms with van der Waals surface area (Å²) in [5, 5.41) is 4.70. The lowest BCUT2D eigenvalue weighted by molar-refractivity contribution is -0.119. The molecule has 0 fully saturated rings. The van der Waals surface area contributed by atoms with Gasteiger partial charge in [-0.05, 0) is 29.8 Å². The van der Waals surface area contributed by atoms with Crippen LogP contribution in [0.3, 0.4) is 0 Å². The van der Waals surface area contributed by atoms with Crippen LogP contribution < -0.4 is 10.5 Å². The van der Waals surface area contributed by atoms with Gasteiger partial charge in [0.2, 0.25) is 5.91 Å². The topological polar surface area (TPSA) is 73.0 Å². The SMILES string of the molecule is O=C(Cn1cnc2c(cnn2-c2ccccc2)c1=O)N(Cc1ccccc1)c1ccccc1. The van der Waals surface area contributed by atoms with Gasteiger partial charge in [0.15, 0.2) is 5.65 Å². The molecule has 0 saturated carbocycles. The Bertz CT molecular complexity index is 1440. The number of fused-ring (bicyclic) bond motifs is 1. The zero-order valence-corrected chi connectivity index (χ0v) is 17.8. The van der Waals surface area contributed by atoms with Crippen molar-refractivity contribution >= 4 is 22.6 Å². The third kappa shape index (κ3) is 4.16. The number of para-hydroxylation sites is 2. The molecule has 0 aliphatic heterocycles. The summed E-state index contributed by atoms with van der Waals surface area (Å²) < 4.78 is 2.96. The molecule has 33 heavy (non-hydrogen) atoms. The van der Waals surface area contributed by atoms with Crippen LogP contribution in [0.2, 0.25) is 0 Å². The average Bonchev–Trinajstić information content (AvgIpc) is 3.31. The maximum Gasteiger partial charge on any atom is 0.264 e. The van der Waals surface area contributed by atoms with Crippen LogP contribution in [-0.4, -0.2) is 25.2 Å². The van der Waals surface area contributed by atoms with E-state index in [9.17, 15) is 9.59 Å². The van der Waals surface area contributed by atoms with Crippen LogP contribution in [0, 0.1) is 0 Å². The number of rotatable bonds is 6. The fraction of sp³-hybridized carbons (Fsp3) is 0.0769. The van der Waals surface area contributed by atoms with Gasteiger partial charge in [-0.15, -0.1) is 0 Å². The number of aromatic nitrogens is 4. The fourth-order valence-corrected chi connectivity index (χ4v) is 3.75. The fourth-order valence-electron chi connectivity index (χ4n) is 3.75. The molecule has 3 aromatic carbocycles. The van der Waals surface area contributed by atoms with Crippen LogP contribution in [-0.2, 0) is 17.9 Å². The van der Waals surface area contributed by atoms with Gasteiger partial charge in [-0.25, -0.2) is 9.67 Å². The molecule has 0 aliphatic rings.